The molecule has 0 saturated heterocycles. The summed E-state index contributed by atoms with van der Waals surface area (Å²) < 4.78 is 25.9. The smallest absolute Gasteiger partial charge is 0.274 e. The van der Waals surface area contributed by atoms with Crippen LogP contribution in [0, 0.1) is 17.0 Å². The number of nitro benzene ring substituents is 1. The van der Waals surface area contributed by atoms with Gasteiger partial charge in [-0.2, -0.15) is 0 Å². The van der Waals surface area contributed by atoms with Crippen LogP contribution in [-0.4, -0.2) is 48.0 Å². The van der Waals surface area contributed by atoms with Crippen molar-refractivity contribution in [2.75, 3.05) is 28.2 Å². The maximum Gasteiger partial charge on any atom is 0.274 e. The molecular formula is C15H17N5O5S3. The fourth-order valence-electron chi connectivity index (χ4n) is 2.20. The first kappa shape index (κ1) is 21.8. The van der Waals surface area contributed by atoms with Gasteiger partial charge in [0.2, 0.25) is 21.1 Å². The number of sulfonamides is 1. The zero-order valence-electron chi connectivity index (χ0n) is 15.0. The van der Waals surface area contributed by atoms with Crippen molar-refractivity contribution in [2.24, 2.45) is 0 Å². The topological polar surface area (TPSA) is 135 Å². The van der Waals surface area contributed by atoms with Gasteiger partial charge in [-0.05, 0) is 13.0 Å². The van der Waals surface area contributed by atoms with E-state index in [0.29, 0.717) is 10.1 Å². The van der Waals surface area contributed by atoms with Crippen molar-refractivity contribution in [3.63, 3.8) is 0 Å². The Morgan fingerprint density at radius 1 is 1.46 bits per heavy atom. The molecule has 0 aliphatic rings. The summed E-state index contributed by atoms with van der Waals surface area (Å²) in [7, 11) is -3.87. The van der Waals surface area contributed by atoms with E-state index < -0.39 is 27.4 Å². The Morgan fingerprint density at radius 3 is 2.79 bits per heavy atom. The van der Waals surface area contributed by atoms with Gasteiger partial charge in [0, 0.05) is 11.8 Å². The van der Waals surface area contributed by atoms with Gasteiger partial charge in [0.25, 0.3) is 5.69 Å². The van der Waals surface area contributed by atoms with Crippen LogP contribution in [0.3, 0.4) is 0 Å². The Balaban J connectivity index is 2.23. The Kier molecular flexibility index (Phi) is 7.10. The van der Waals surface area contributed by atoms with Crippen LogP contribution in [0.5, 0.6) is 0 Å². The Morgan fingerprint density at radius 2 is 2.18 bits per heavy atom. The summed E-state index contributed by atoms with van der Waals surface area (Å²) in [5.74, 6) is -0.0102. The van der Waals surface area contributed by atoms with E-state index in [0.717, 1.165) is 21.9 Å². The summed E-state index contributed by atoms with van der Waals surface area (Å²) >= 11 is 2.54. The highest BCUT2D eigenvalue weighted by atomic mass is 32.2. The van der Waals surface area contributed by atoms with E-state index >= 15 is 0 Å². The van der Waals surface area contributed by atoms with Crippen LogP contribution < -0.4 is 9.62 Å². The molecule has 1 aromatic carbocycles. The number of anilines is 2. The lowest BCUT2D eigenvalue weighted by Gasteiger charge is -2.23. The standard InChI is InChI=1S/C15H17N5O5S3/c1-4-8-26-15-18-17-14(27-15)16-13(21)9-19(28(3,24)25)11-6-5-7-12(10(11)2)20(22)23/h4-7H,1,8-9H2,2-3H3,(H,16,17,21). The third kappa shape index (κ3) is 5.50. The molecule has 13 heteroatoms. The predicted molar refractivity (Wildman–Crippen MR) is 109 cm³/mol. The van der Waals surface area contributed by atoms with Gasteiger partial charge in [-0.3, -0.25) is 24.5 Å². The number of rotatable bonds is 9. The molecule has 0 fully saturated rings. The van der Waals surface area contributed by atoms with Gasteiger partial charge < -0.3 is 0 Å². The fourth-order valence-corrected chi connectivity index (χ4v) is 4.63. The van der Waals surface area contributed by atoms with E-state index in [1.54, 1.807) is 6.08 Å². The molecule has 0 aliphatic heterocycles. The number of nitrogens with one attached hydrogen (secondary N) is 1. The first-order chi connectivity index (χ1) is 13.1. The van der Waals surface area contributed by atoms with Crippen LogP contribution >= 0.6 is 23.1 Å². The van der Waals surface area contributed by atoms with E-state index in [9.17, 15) is 23.3 Å². The molecule has 1 aromatic heterocycles. The minimum Gasteiger partial charge on any atom is -0.299 e. The minimum absolute atomic E-state index is 0.0614. The van der Waals surface area contributed by atoms with Gasteiger partial charge in [-0.1, -0.05) is 35.2 Å². The molecule has 1 amide bonds. The molecule has 2 aromatic rings. The minimum atomic E-state index is -3.87. The molecule has 2 rings (SSSR count). The van der Waals surface area contributed by atoms with Crippen molar-refractivity contribution >= 4 is 55.5 Å². The van der Waals surface area contributed by atoms with E-state index in [1.807, 2.05) is 0 Å². The summed E-state index contributed by atoms with van der Waals surface area (Å²) in [4.78, 5) is 22.9. The van der Waals surface area contributed by atoms with E-state index in [2.05, 4.69) is 22.1 Å². The van der Waals surface area contributed by atoms with Crippen molar-refractivity contribution in [1.29, 1.82) is 0 Å². The summed E-state index contributed by atoms with van der Waals surface area (Å²) in [5, 5.41) is 21.6. The highest BCUT2D eigenvalue weighted by Crippen LogP contribution is 2.30. The Labute approximate surface area is 169 Å². The normalized spacial score (nSPS) is 11.1. The summed E-state index contributed by atoms with van der Waals surface area (Å²) in [6.07, 6.45) is 2.63. The lowest BCUT2D eigenvalue weighted by molar-refractivity contribution is -0.385. The third-order valence-corrected chi connectivity index (χ3v) is 6.50. The number of benzene rings is 1. The number of aromatic nitrogens is 2. The number of hydrogen-bond donors (Lipinski definition) is 1. The number of nitro groups is 1. The Hall–Kier alpha value is -2.51. The fraction of sp³-hybridized carbons (Fsp3) is 0.267. The van der Waals surface area contributed by atoms with Gasteiger partial charge in [-0.15, -0.1) is 16.8 Å². The molecule has 0 unspecified atom stereocenters. The molecule has 0 saturated carbocycles. The van der Waals surface area contributed by atoms with Crippen LogP contribution in [0.15, 0.2) is 35.2 Å². The second-order valence-corrected chi connectivity index (χ2v) is 9.62. The number of carbonyl (C=O) groups is 1. The molecular weight excluding hydrogens is 426 g/mol. The molecule has 0 atom stereocenters. The summed E-state index contributed by atoms with van der Waals surface area (Å²) in [5.41, 5.74) is -0.0318. The molecule has 0 aliphatic carbocycles. The van der Waals surface area contributed by atoms with Crippen molar-refractivity contribution in [1.82, 2.24) is 10.2 Å². The molecule has 0 radical (unpaired) electrons. The van der Waals surface area contributed by atoms with E-state index in [1.165, 1.54) is 36.9 Å². The summed E-state index contributed by atoms with van der Waals surface area (Å²) in [6, 6.07) is 4.04. The molecule has 28 heavy (non-hydrogen) atoms. The quantitative estimate of drug-likeness (QED) is 0.205. The molecule has 0 spiro atoms. The second kappa shape index (κ2) is 9.12. The number of amides is 1. The van der Waals surface area contributed by atoms with Crippen LogP contribution in [0.4, 0.5) is 16.5 Å². The average Bonchev–Trinajstić information content (AvgIpc) is 3.04. The van der Waals surface area contributed by atoms with E-state index in [-0.39, 0.29) is 22.1 Å². The number of nitrogens with zero attached hydrogens (tertiary/aromatic N) is 4. The number of carbonyl (C=O) groups excluding carboxylic acids is 1. The number of hydrogen-bond acceptors (Lipinski definition) is 9. The first-order valence-corrected chi connectivity index (χ1v) is 11.4. The molecule has 1 N–H and O–H groups in total. The van der Waals surface area contributed by atoms with Crippen LogP contribution in [0.1, 0.15) is 5.56 Å². The maximum absolute atomic E-state index is 12.4. The van der Waals surface area contributed by atoms with Crippen molar-refractivity contribution in [3.8, 4) is 0 Å². The SMILES string of the molecule is C=CCSc1nnc(NC(=O)CN(c2cccc([N+](=O)[O-])c2C)S(C)(=O)=O)s1. The van der Waals surface area contributed by atoms with Crippen LogP contribution in [0.25, 0.3) is 0 Å². The molecule has 1 heterocycles. The van der Waals surface area contributed by atoms with Gasteiger partial charge in [0.15, 0.2) is 4.34 Å². The van der Waals surface area contributed by atoms with Crippen LogP contribution in [0.2, 0.25) is 0 Å². The van der Waals surface area contributed by atoms with E-state index in [4.69, 9.17) is 0 Å². The zero-order valence-corrected chi connectivity index (χ0v) is 17.4. The predicted octanol–water partition coefficient (Wildman–Crippen LogP) is 2.44. The average molecular weight is 444 g/mol. The van der Waals surface area contributed by atoms with Gasteiger partial charge in [0.05, 0.1) is 22.4 Å². The van der Waals surface area contributed by atoms with Crippen molar-refractivity contribution in [3.05, 3.63) is 46.5 Å². The summed E-state index contributed by atoms with van der Waals surface area (Å²) in [6.45, 7) is 4.47. The maximum atomic E-state index is 12.4. The number of thioether (sulfide) groups is 1. The molecule has 10 nitrogen and oxygen atoms in total. The molecule has 0 bridgehead atoms. The lowest BCUT2D eigenvalue weighted by atomic mass is 10.1. The monoisotopic (exact) mass is 443 g/mol. The first-order valence-electron chi connectivity index (χ1n) is 7.72. The largest absolute Gasteiger partial charge is 0.299 e. The van der Waals surface area contributed by atoms with Crippen molar-refractivity contribution in [2.45, 2.75) is 11.3 Å². The Bertz CT molecular complexity index is 1010. The highest BCUT2D eigenvalue weighted by molar-refractivity contribution is 8.01. The zero-order chi connectivity index (χ0) is 20.9. The lowest BCUT2D eigenvalue weighted by Crippen LogP contribution is -2.38. The van der Waals surface area contributed by atoms with Gasteiger partial charge in [-0.25, -0.2) is 8.42 Å². The highest BCUT2D eigenvalue weighted by Gasteiger charge is 2.26. The third-order valence-electron chi connectivity index (χ3n) is 3.41. The second-order valence-electron chi connectivity index (χ2n) is 5.47. The van der Waals surface area contributed by atoms with Gasteiger partial charge in [0.1, 0.15) is 6.54 Å². The van der Waals surface area contributed by atoms with Crippen LogP contribution in [-0.2, 0) is 14.8 Å². The molecule has 150 valence electrons. The van der Waals surface area contributed by atoms with Crippen molar-refractivity contribution < 1.29 is 18.1 Å². The van der Waals surface area contributed by atoms with Gasteiger partial charge >= 0.3 is 0 Å².